The number of alkyl halides is 6. The largest absolute Gasteiger partial charge is 0.423 e. The maximum atomic E-state index is 14.5. The van der Waals surface area contributed by atoms with Crippen molar-refractivity contribution < 1.29 is 35.1 Å². The summed E-state index contributed by atoms with van der Waals surface area (Å²) in [5, 5.41) is 4.29. The molecule has 0 saturated carbocycles. The molecule has 8 nitrogen and oxygen atoms in total. The first-order valence-electron chi connectivity index (χ1n) is 11.4. The number of rotatable bonds is 6. The summed E-state index contributed by atoms with van der Waals surface area (Å²) in [6.45, 7) is 1.45. The third-order valence-electron chi connectivity index (χ3n) is 5.46. The summed E-state index contributed by atoms with van der Waals surface area (Å²) in [5.74, 6) is -1.99. The monoisotopic (exact) mass is 576 g/mol. The van der Waals surface area contributed by atoms with Gasteiger partial charge in [0.05, 0.1) is 34.9 Å². The fourth-order valence-corrected chi connectivity index (χ4v) is 3.59. The average Bonchev–Trinajstić information content (AvgIpc) is 2.86. The van der Waals surface area contributed by atoms with E-state index in [0.29, 0.717) is 6.42 Å². The highest BCUT2D eigenvalue weighted by molar-refractivity contribution is 5.86. The topological polar surface area (TPSA) is 120 Å². The molecule has 16 heteroatoms. The van der Waals surface area contributed by atoms with Gasteiger partial charge in [-0.3, -0.25) is 9.59 Å². The van der Waals surface area contributed by atoms with Crippen LogP contribution in [0, 0.1) is 11.6 Å². The zero-order valence-corrected chi connectivity index (χ0v) is 20.4. The zero-order chi connectivity index (χ0) is 29.8. The predicted molar refractivity (Wildman–Crippen MR) is 128 cm³/mol. The number of hydrogen-bond acceptors (Lipinski definition) is 6. The van der Waals surface area contributed by atoms with Gasteiger partial charge in [-0.25, -0.2) is 37.0 Å². The number of fused-ring (bicyclic) bond motifs is 1. The Morgan fingerprint density at radius 3 is 2.17 bits per heavy atom. The lowest BCUT2D eigenvalue weighted by atomic mass is 10.1. The lowest BCUT2D eigenvalue weighted by molar-refractivity contribution is -0.138. The Bertz CT molecular complexity index is 1600. The molecule has 0 bridgehead atoms. The minimum atomic E-state index is -4.74. The Labute approximate surface area is 219 Å². The second-order valence-corrected chi connectivity index (χ2v) is 8.37. The molecule has 1 aromatic carbocycles. The number of pyridine rings is 1. The van der Waals surface area contributed by atoms with Gasteiger partial charge < -0.3 is 10.3 Å². The fraction of sp³-hybridized carbons (Fsp3) is 0.292. The van der Waals surface area contributed by atoms with E-state index in [1.807, 2.05) is 0 Å². The van der Waals surface area contributed by atoms with E-state index in [1.54, 1.807) is 12.0 Å². The molecule has 3 heterocycles. The molecule has 40 heavy (non-hydrogen) atoms. The number of nitrogens with one attached hydrogen (secondary N) is 1. The summed E-state index contributed by atoms with van der Waals surface area (Å²) in [6, 6.07) is 1.87. The molecule has 0 aliphatic carbocycles. The van der Waals surface area contributed by atoms with Gasteiger partial charge in [0.15, 0.2) is 5.82 Å². The Kier molecular flexibility index (Phi) is 9.21. The molecule has 1 unspecified atom stereocenters. The first-order chi connectivity index (χ1) is 18.7. The van der Waals surface area contributed by atoms with Crippen LogP contribution in [0.5, 0.6) is 0 Å². The van der Waals surface area contributed by atoms with Crippen LogP contribution in [0.2, 0.25) is 0 Å². The first kappa shape index (κ1) is 30.2. The minimum absolute atomic E-state index is 0.190. The molecule has 0 fully saturated rings. The first-order valence-corrected chi connectivity index (χ1v) is 11.4. The van der Waals surface area contributed by atoms with E-state index in [1.165, 1.54) is 0 Å². The summed E-state index contributed by atoms with van der Waals surface area (Å²) in [4.78, 5) is 30.4. The number of halogens is 8. The van der Waals surface area contributed by atoms with E-state index in [-0.39, 0.29) is 35.1 Å². The van der Waals surface area contributed by atoms with E-state index in [0.717, 1.165) is 41.5 Å². The predicted octanol–water partition coefficient (Wildman–Crippen LogP) is 5.18. The van der Waals surface area contributed by atoms with Crippen molar-refractivity contribution in [3.8, 4) is 11.4 Å². The van der Waals surface area contributed by atoms with Crippen LogP contribution in [0.15, 0.2) is 46.5 Å². The van der Waals surface area contributed by atoms with Crippen molar-refractivity contribution in [1.82, 2.24) is 24.7 Å². The van der Waals surface area contributed by atoms with Crippen LogP contribution in [0.3, 0.4) is 0 Å². The number of aromatic nitrogens is 5. The lowest BCUT2D eigenvalue weighted by Crippen LogP contribution is -2.25. The molecule has 1 atom stereocenters. The highest BCUT2D eigenvalue weighted by Gasteiger charge is 2.36. The van der Waals surface area contributed by atoms with Crippen LogP contribution in [0.1, 0.15) is 37.3 Å². The maximum Gasteiger partial charge on any atom is 0.423 e. The number of hydrogen-bond donors (Lipinski definition) is 2. The number of nitrogen functional groups attached to an aromatic ring is 1. The molecular weight excluding hydrogens is 556 g/mol. The van der Waals surface area contributed by atoms with Gasteiger partial charge in [-0.05, 0) is 18.6 Å². The van der Waals surface area contributed by atoms with Gasteiger partial charge >= 0.3 is 6.18 Å². The smallest absolute Gasteiger partial charge is 0.397 e. The van der Waals surface area contributed by atoms with Crippen molar-refractivity contribution in [3.05, 3.63) is 80.4 Å². The zero-order valence-electron chi connectivity index (χ0n) is 20.4. The Balaban J connectivity index is 0.000000307. The Morgan fingerprint density at radius 2 is 1.65 bits per heavy atom. The summed E-state index contributed by atoms with van der Waals surface area (Å²) < 4.78 is 105. The van der Waals surface area contributed by atoms with Crippen molar-refractivity contribution in [3.63, 3.8) is 0 Å². The third-order valence-corrected chi connectivity index (χ3v) is 5.46. The molecule has 4 aromatic rings. The molecular formula is C24H20F8N6O2. The van der Waals surface area contributed by atoms with Crippen LogP contribution in [0.25, 0.3) is 22.2 Å². The normalized spacial score (nSPS) is 12.3. The average molecular weight is 576 g/mol. The second-order valence-electron chi connectivity index (χ2n) is 8.37. The van der Waals surface area contributed by atoms with Crippen LogP contribution < -0.4 is 16.9 Å². The molecule has 0 spiro atoms. The summed E-state index contributed by atoms with van der Waals surface area (Å²) in [7, 11) is 0. The van der Waals surface area contributed by atoms with Gasteiger partial charge in [0.1, 0.15) is 23.4 Å². The van der Waals surface area contributed by atoms with Gasteiger partial charge in [-0.2, -0.15) is 18.3 Å². The lowest BCUT2D eigenvalue weighted by Gasteiger charge is -2.12. The number of benzene rings is 1. The number of nitrogens with two attached hydrogens (primary N) is 1. The third kappa shape index (κ3) is 6.79. The van der Waals surface area contributed by atoms with Crippen molar-refractivity contribution in [2.45, 2.75) is 45.1 Å². The molecule has 0 amide bonds. The number of nitrogens with zero attached hydrogens (tertiary/aromatic N) is 4. The Morgan fingerprint density at radius 1 is 1.00 bits per heavy atom. The Hall–Kier alpha value is -4.37. The number of anilines is 1. The van der Waals surface area contributed by atoms with Gasteiger partial charge in [0.2, 0.25) is 0 Å². The fourth-order valence-electron chi connectivity index (χ4n) is 3.59. The minimum Gasteiger partial charge on any atom is -0.397 e. The van der Waals surface area contributed by atoms with Crippen molar-refractivity contribution in [1.29, 1.82) is 0 Å². The van der Waals surface area contributed by atoms with Crippen molar-refractivity contribution in [2.24, 2.45) is 0 Å². The van der Waals surface area contributed by atoms with Gasteiger partial charge in [-0.15, -0.1) is 0 Å². The quantitative estimate of drug-likeness (QED) is 0.305. The maximum absolute atomic E-state index is 14.5. The summed E-state index contributed by atoms with van der Waals surface area (Å²) >= 11 is 0. The SMILES string of the molecule is CCCC(F)Cn1cc(F)c2cc(-c3ncc(C(F)F)cn3)c(F)cc2c1=O.Nc1cn[nH]c(=O)c1C(F)(F)F. The highest BCUT2D eigenvalue weighted by Crippen LogP contribution is 2.29. The van der Waals surface area contributed by atoms with E-state index >= 15 is 0 Å². The second kappa shape index (κ2) is 12.2. The van der Waals surface area contributed by atoms with Crippen molar-refractivity contribution in [2.75, 3.05) is 5.73 Å². The molecule has 4 rings (SSSR count). The molecule has 214 valence electrons. The van der Waals surface area contributed by atoms with Crippen LogP contribution in [-0.4, -0.2) is 30.9 Å². The van der Waals surface area contributed by atoms with Crippen LogP contribution in [-0.2, 0) is 12.7 Å². The highest BCUT2D eigenvalue weighted by atomic mass is 19.4. The van der Waals surface area contributed by atoms with E-state index in [4.69, 9.17) is 5.73 Å². The molecule has 0 aliphatic heterocycles. The van der Waals surface area contributed by atoms with E-state index in [2.05, 4.69) is 15.1 Å². The molecule has 3 N–H and O–H groups in total. The van der Waals surface area contributed by atoms with Crippen molar-refractivity contribution >= 4 is 16.5 Å². The molecule has 0 saturated heterocycles. The summed E-state index contributed by atoms with van der Waals surface area (Å²) in [5.41, 5.74) is 0.0915. The molecule has 0 aliphatic rings. The number of aromatic amines is 1. The standard InChI is InChI=1S/C19H16F5N3O.C5H4F3N3O/c1-2-3-11(20)8-27-9-16(22)12-4-14(15(21)5-13(12)19(27)28)18-25-6-10(7-26-18)17(23)24;6-5(7,8)3-2(9)1-10-11-4(3)12/h4-7,9,11,17H,2-3,8H2,1H3;1H,(H3,9,11,12). The van der Waals surface area contributed by atoms with Gasteiger partial charge in [0.25, 0.3) is 17.5 Å². The van der Waals surface area contributed by atoms with Gasteiger partial charge in [0, 0.05) is 24.0 Å². The van der Waals surface area contributed by atoms with Crippen LogP contribution >= 0.6 is 0 Å². The summed E-state index contributed by atoms with van der Waals surface area (Å²) in [6.07, 6.45) is -4.76. The van der Waals surface area contributed by atoms with E-state index < -0.39 is 58.3 Å². The van der Waals surface area contributed by atoms with Crippen LogP contribution in [0.4, 0.5) is 40.8 Å². The number of H-pyrrole nitrogens is 1. The van der Waals surface area contributed by atoms with Gasteiger partial charge in [-0.1, -0.05) is 13.3 Å². The molecule has 3 aromatic heterocycles. The van der Waals surface area contributed by atoms with E-state index in [9.17, 15) is 44.7 Å². The molecule has 0 radical (unpaired) electrons.